The molecule has 1 aliphatic rings. The van der Waals surface area contributed by atoms with Gasteiger partial charge in [-0.3, -0.25) is 0 Å². The Morgan fingerprint density at radius 2 is 2.00 bits per heavy atom. The Kier molecular flexibility index (Phi) is 5.50. The van der Waals surface area contributed by atoms with Crippen LogP contribution in [0.3, 0.4) is 0 Å². The van der Waals surface area contributed by atoms with E-state index in [0.29, 0.717) is 16.7 Å². The third-order valence-corrected chi connectivity index (χ3v) is 5.20. The Labute approximate surface area is 175 Å². The van der Waals surface area contributed by atoms with Gasteiger partial charge in [-0.2, -0.15) is 4.98 Å². The van der Waals surface area contributed by atoms with E-state index in [1.165, 1.54) is 11.8 Å². The number of fused-ring (bicyclic) bond motifs is 3. The summed E-state index contributed by atoms with van der Waals surface area (Å²) in [5.74, 6) is 1.27. The van der Waals surface area contributed by atoms with Gasteiger partial charge in [0, 0.05) is 15.7 Å². The van der Waals surface area contributed by atoms with E-state index >= 15 is 0 Å². The molecule has 4 rings (SSSR count). The van der Waals surface area contributed by atoms with Crippen LogP contribution in [0.4, 0.5) is 5.69 Å². The van der Waals surface area contributed by atoms with Crippen molar-refractivity contribution in [2.24, 2.45) is 0 Å². The Morgan fingerprint density at radius 1 is 1.18 bits per heavy atom. The van der Waals surface area contributed by atoms with Crippen LogP contribution < -0.4 is 14.8 Å². The zero-order valence-corrected chi connectivity index (χ0v) is 17.6. The van der Waals surface area contributed by atoms with E-state index in [1.54, 1.807) is 7.11 Å². The number of nitrogens with one attached hydrogen (secondary N) is 1. The predicted octanol–water partition coefficient (Wildman–Crippen LogP) is 4.88. The van der Waals surface area contributed by atoms with Crippen LogP contribution >= 0.6 is 27.7 Å². The van der Waals surface area contributed by atoms with Gasteiger partial charge in [0.25, 0.3) is 0 Å². The number of benzene rings is 2. The van der Waals surface area contributed by atoms with Gasteiger partial charge in [-0.05, 0) is 48.2 Å². The number of methoxy groups -OCH3 is 1. The minimum atomic E-state index is -0.408. The Balaban J connectivity index is 1.69. The van der Waals surface area contributed by atoms with Crippen molar-refractivity contribution in [3.63, 3.8) is 0 Å². The van der Waals surface area contributed by atoms with Gasteiger partial charge in [0.05, 0.1) is 7.11 Å². The minimum Gasteiger partial charge on any atom is -0.497 e. The average molecular weight is 457 g/mol. The lowest BCUT2D eigenvalue weighted by Gasteiger charge is -2.15. The molecule has 0 saturated heterocycles. The van der Waals surface area contributed by atoms with Crippen molar-refractivity contribution < 1.29 is 9.47 Å². The third-order valence-electron chi connectivity index (χ3n) is 4.17. The number of rotatable bonds is 4. The molecule has 2 heterocycles. The van der Waals surface area contributed by atoms with E-state index in [4.69, 9.17) is 9.47 Å². The predicted molar refractivity (Wildman–Crippen MR) is 115 cm³/mol. The van der Waals surface area contributed by atoms with Gasteiger partial charge in [0.1, 0.15) is 5.75 Å². The van der Waals surface area contributed by atoms with Gasteiger partial charge in [-0.15, -0.1) is 10.2 Å². The van der Waals surface area contributed by atoms with Crippen molar-refractivity contribution in [1.29, 1.82) is 0 Å². The molecular formula is C20H17BrN4O2S. The van der Waals surface area contributed by atoms with Crippen LogP contribution in [0, 0.1) is 0 Å². The summed E-state index contributed by atoms with van der Waals surface area (Å²) >= 11 is 4.94. The molecule has 142 valence electrons. The average Bonchev–Trinajstić information content (AvgIpc) is 2.88. The number of hydrogen-bond acceptors (Lipinski definition) is 7. The largest absolute Gasteiger partial charge is 0.497 e. The van der Waals surface area contributed by atoms with Crippen LogP contribution in [-0.4, -0.2) is 34.8 Å². The monoisotopic (exact) mass is 456 g/mol. The summed E-state index contributed by atoms with van der Waals surface area (Å²) in [5.41, 5.74) is 3.44. The first kappa shape index (κ1) is 18.8. The second kappa shape index (κ2) is 8.20. The van der Waals surface area contributed by atoms with E-state index in [0.717, 1.165) is 27.0 Å². The van der Waals surface area contributed by atoms with Crippen molar-refractivity contribution in [1.82, 2.24) is 15.2 Å². The molecule has 0 saturated carbocycles. The SMILES string of the molecule is COc1ccc(C=CC2Nc3ccc(Br)cc3-c3nnc(SC)nc3O2)cc1. The summed E-state index contributed by atoms with van der Waals surface area (Å²) in [7, 11) is 1.65. The van der Waals surface area contributed by atoms with Crippen molar-refractivity contribution in [3.05, 3.63) is 58.6 Å². The highest BCUT2D eigenvalue weighted by atomic mass is 79.9. The molecule has 0 spiro atoms. The summed E-state index contributed by atoms with van der Waals surface area (Å²) in [6, 6.07) is 13.8. The van der Waals surface area contributed by atoms with Gasteiger partial charge >= 0.3 is 0 Å². The minimum absolute atomic E-state index is 0.408. The highest BCUT2D eigenvalue weighted by Gasteiger charge is 2.24. The summed E-state index contributed by atoms with van der Waals surface area (Å²) in [6.45, 7) is 0. The van der Waals surface area contributed by atoms with Crippen LogP contribution in [0.25, 0.3) is 17.3 Å². The standard InChI is InChI=1S/C20H17BrN4O2S/c1-26-14-7-3-12(4-8-14)5-10-17-22-16-9-6-13(21)11-15(16)18-19(27-17)23-20(28-2)25-24-18/h3-11,17,22H,1-2H3. The van der Waals surface area contributed by atoms with Gasteiger partial charge in [0.15, 0.2) is 11.9 Å². The lowest BCUT2D eigenvalue weighted by atomic mass is 10.1. The normalized spacial score (nSPS) is 15.2. The van der Waals surface area contributed by atoms with Crippen LogP contribution in [0.1, 0.15) is 5.56 Å². The van der Waals surface area contributed by atoms with Crippen molar-refractivity contribution in [3.8, 4) is 22.9 Å². The van der Waals surface area contributed by atoms with Crippen LogP contribution in [0.15, 0.2) is 58.2 Å². The number of hydrogen-bond donors (Lipinski definition) is 1. The van der Waals surface area contributed by atoms with Gasteiger partial charge in [-0.1, -0.05) is 45.9 Å². The first-order valence-electron chi connectivity index (χ1n) is 8.50. The molecule has 0 radical (unpaired) electrons. The Hall–Kier alpha value is -2.58. The second-order valence-electron chi connectivity index (χ2n) is 5.96. The van der Waals surface area contributed by atoms with E-state index in [1.807, 2.05) is 60.9 Å². The van der Waals surface area contributed by atoms with E-state index in [-0.39, 0.29) is 0 Å². The first-order chi connectivity index (χ1) is 13.7. The third kappa shape index (κ3) is 3.98. The highest BCUT2D eigenvalue weighted by Crippen LogP contribution is 2.38. The molecule has 1 N–H and O–H groups in total. The van der Waals surface area contributed by atoms with Crippen molar-refractivity contribution in [2.75, 3.05) is 18.7 Å². The smallest absolute Gasteiger partial charge is 0.247 e. The topological polar surface area (TPSA) is 69.2 Å². The van der Waals surface area contributed by atoms with Gasteiger partial charge in [-0.25, -0.2) is 0 Å². The molecule has 0 amide bonds. The maximum absolute atomic E-state index is 6.12. The molecule has 1 atom stereocenters. The van der Waals surface area contributed by atoms with Gasteiger partial charge < -0.3 is 14.8 Å². The molecule has 2 aromatic carbocycles. The number of anilines is 1. The molecule has 1 aliphatic heterocycles. The number of aromatic nitrogens is 3. The van der Waals surface area contributed by atoms with Crippen molar-refractivity contribution in [2.45, 2.75) is 11.4 Å². The van der Waals surface area contributed by atoms with Gasteiger partial charge in [0.2, 0.25) is 11.0 Å². The molecular weight excluding hydrogens is 440 g/mol. The maximum atomic E-state index is 6.12. The van der Waals surface area contributed by atoms with Crippen LogP contribution in [-0.2, 0) is 0 Å². The molecule has 28 heavy (non-hydrogen) atoms. The zero-order chi connectivity index (χ0) is 19.5. The lowest BCUT2D eigenvalue weighted by Crippen LogP contribution is -2.23. The summed E-state index contributed by atoms with van der Waals surface area (Å²) in [4.78, 5) is 4.51. The molecule has 6 nitrogen and oxygen atoms in total. The number of nitrogens with zero attached hydrogens (tertiary/aromatic N) is 3. The second-order valence-corrected chi connectivity index (χ2v) is 7.65. The highest BCUT2D eigenvalue weighted by molar-refractivity contribution is 9.10. The Bertz CT molecular complexity index is 1030. The lowest BCUT2D eigenvalue weighted by molar-refractivity contribution is 0.266. The first-order valence-corrected chi connectivity index (χ1v) is 10.5. The number of ether oxygens (including phenoxy) is 2. The van der Waals surface area contributed by atoms with Crippen molar-refractivity contribution >= 4 is 39.5 Å². The number of thioether (sulfide) groups is 1. The fourth-order valence-electron chi connectivity index (χ4n) is 2.78. The maximum Gasteiger partial charge on any atom is 0.247 e. The fourth-order valence-corrected chi connectivity index (χ4v) is 3.44. The molecule has 0 aliphatic carbocycles. The van der Waals surface area contributed by atoms with E-state index in [9.17, 15) is 0 Å². The Morgan fingerprint density at radius 3 is 2.75 bits per heavy atom. The molecule has 1 unspecified atom stereocenters. The molecule has 0 fully saturated rings. The molecule has 1 aromatic heterocycles. The molecule has 3 aromatic rings. The molecule has 8 heteroatoms. The summed E-state index contributed by atoms with van der Waals surface area (Å²) in [6.07, 6.45) is 5.44. The summed E-state index contributed by atoms with van der Waals surface area (Å²) < 4.78 is 12.3. The molecule has 0 bridgehead atoms. The number of halogens is 1. The van der Waals surface area contributed by atoms with Crippen LogP contribution in [0.5, 0.6) is 11.6 Å². The quantitative estimate of drug-likeness (QED) is 0.561. The van der Waals surface area contributed by atoms with Crippen LogP contribution in [0.2, 0.25) is 0 Å². The van der Waals surface area contributed by atoms with E-state index in [2.05, 4.69) is 36.4 Å². The summed E-state index contributed by atoms with van der Waals surface area (Å²) in [5, 5.41) is 12.5. The van der Waals surface area contributed by atoms with E-state index < -0.39 is 6.23 Å². The fraction of sp³-hybridized carbons (Fsp3) is 0.150. The zero-order valence-electron chi connectivity index (χ0n) is 15.2.